The molecule has 1 heterocycles. The minimum Gasteiger partial charge on any atom is -0.534 e. The SMILES string of the molecule is CC(C)(C)c1cc(O[Si](c2ccccc2)(c2ccccc2)C(C)(C)C)cc2c1c(C1CC1)nn2C(=O)O. The van der Waals surface area contributed by atoms with E-state index in [1.54, 1.807) is 0 Å². The minimum atomic E-state index is -2.88. The standard InChI is InChI=1S/C31H36N2O3Si/c1-30(2,3)25-19-22(20-26-27(25)28(21-17-18-21)32-33(26)29(34)35)36-37(31(4,5)6,23-13-9-7-10-14-23)24-15-11-8-12-16-24/h7-16,19-21H,17-18H2,1-6H3,(H,34,35). The number of carboxylic acid groups (broad SMARTS) is 1. The molecule has 5 rings (SSSR count). The normalized spacial score (nSPS) is 14.6. The first-order chi connectivity index (χ1) is 17.4. The molecular formula is C31H36N2O3Si. The first-order valence-corrected chi connectivity index (χ1v) is 14.9. The van der Waals surface area contributed by atoms with E-state index in [1.807, 2.05) is 18.2 Å². The number of benzene rings is 3. The molecule has 1 aliphatic rings. The summed E-state index contributed by atoms with van der Waals surface area (Å²) >= 11 is 0. The second kappa shape index (κ2) is 8.87. The van der Waals surface area contributed by atoms with Gasteiger partial charge in [0, 0.05) is 17.4 Å². The molecule has 0 atom stereocenters. The first-order valence-electron chi connectivity index (χ1n) is 13.0. The zero-order chi connectivity index (χ0) is 26.6. The largest absolute Gasteiger partial charge is 0.534 e. The van der Waals surface area contributed by atoms with Crippen LogP contribution in [0, 0.1) is 0 Å². The van der Waals surface area contributed by atoms with Gasteiger partial charge in [-0.2, -0.15) is 9.78 Å². The molecule has 4 aromatic rings. The first kappa shape index (κ1) is 25.3. The third-order valence-corrected chi connectivity index (χ3v) is 12.4. The summed E-state index contributed by atoms with van der Waals surface area (Å²) in [4.78, 5) is 12.3. The minimum absolute atomic E-state index is 0.210. The van der Waals surface area contributed by atoms with Crippen LogP contribution in [0.5, 0.6) is 5.75 Å². The second-order valence-electron chi connectivity index (χ2n) is 12.2. The third kappa shape index (κ3) is 4.37. The van der Waals surface area contributed by atoms with Crippen molar-refractivity contribution in [1.82, 2.24) is 9.78 Å². The molecule has 0 unspecified atom stereocenters. The lowest BCUT2D eigenvalue weighted by atomic mass is 9.83. The highest BCUT2D eigenvalue weighted by Crippen LogP contribution is 2.47. The Morgan fingerprint density at radius 3 is 1.89 bits per heavy atom. The van der Waals surface area contributed by atoms with Gasteiger partial charge in [-0.05, 0) is 45.3 Å². The lowest BCUT2D eigenvalue weighted by molar-refractivity contribution is 0.194. The van der Waals surface area contributed by atoms with Crippen molar-refractivity contribution >= 4 is 35.7 Å². The molecule has 3 aromatic carbocycles. The van der Waals surface area contributed by atoms with E-state index < -0.39 is 14.4 Å². The summed E-state index contributed by atoms with van der Waals surface area (Å²) in [6.45, 7) is 13.2. The summed E-state index contributed by atoms with van der Waals surface area (Å²) in [5, 5.41) is 17.8. The Labute approximate surface area is 220 Å². The van der Waals surface area contributed by atoms with Crippen LogP contribution >= 0.6 is 0 Å². The highest BCUT2D eigenvalue weighted by atomic mass is 28.4. The molecule has 6 heteroatoms. The topological polar surface area (TPSA) is 64.4 Å². The Hall–Kier alpha value is -3.38. The highest BCUT2D eigenvalue weighted by molar-refractivity contribution is 7.00. The Bertz CT molecular complexity index is 1400. The molecule has 1 aliphatic carbocycles. The summed E-state index contributed by atoms with van der Waals surface area (Å²) in [6, 6.07) is 25.1. The molecule has 0 aliphatic heterocycles. The van der Waals surface area contributed by atoms with Gasteiger partial charge in [0.25, 0.3) is 0 Å². The zero-order valence-corrected chi connectivity index (χ0v) is 23.6. The number of hydrogen-bond acceptors (Lipinski definition) is 3. The van der Waals surface area contributed by atoms with Crippen LogP contribution in [0.25, 0.3) is 10.9 Å². The Kier molecular flexibility index (Phi) is 6.06. The molecule has 0 saturated heterocycles. The van der Waals surface area contributed by atoms with E-state index in [2.05, 4.69) is 101 Å². The van der Waals surface area contributed by atoms with Crippen LogP contribution in [0.4, 0.5) is 4.79 Å². The van der Waals surface area contributed by atoms with Gasteiger partial charge in [0.15, 0.2) is 0 Å². The maximum Gasteiger partial charge on any atom is 0.432 e. The number of carbonyl (C=O) groups is 1. The highest BCUT2D eigenvalue weighted by Gasteiger charge is 2.52. The molecule has 0 spiro atoms. The predicted molar refractivity (Wildman–Crippen MR) is 152 cm³/mol. The summed E-state index contributed by atoms with van der Waals surface area (Å²) in [6.07, 6.45) is 1.03. The average Bonchev–Trinajstić information content (AvgIpc) is 3.61. The van der Waals surface area contributed by atoms with Gasteiger partial charge in [-0.3, -0.25) is 0 Å². The molecule has 1 aromatic heterocycles. The van der Waals surface area contributed by atoms with Gasteiger partial charge in [-0.15, -0.1) is 0 Å². The van der Waals surface area contributed by atoms with E-state index >= 15 is 0 Å². The number of nitrogens with zero attached hydrogens (tertiary/aromatic N) is 2. The summed E-state index contributed by atoms with van der Waals surface area (Å²) in [5.74, 6) is 1.02. The maximum atomic E-state index is 12.3. The molecule has 192 valence electrons. The summed E-state index contributed by atoms with van der Waals surface area (Å²) in [7, 11) is -2.88. The van der Waals surface area contributed by atoms with Crippen LogP contribution in [0.15, 0.2) is 72.8 Å². The average molecular weight is 513 g/mol. The van der Waals surface area contributed by atoms with Crippen LogP contribution < -0.4 is 14.8 Å². The Morgan fingerprint density at radius 1 is 0.919 bits per heavy atom. The summed E-state index contributed by atoms with van der Waals surface area (Å²) in [5.41, 5.74) is 2.36. The fourth-order valence-electron chi connectivity index (χ4n) is 5.51. The Morgan fingerprint density at radius 2 is 1.46 bits per heavy atom. The maximum absolute atomic E-state index is 12.3. The van der Waals surface area contributed by atoms with E-state index in [4.69, 9.17) is 4.43 Å². The lowest BCUT2D eigenvalue weighted by Crippen LogP contribution is -2.68. The van der Waals surface area contributed by atoms with Crippen molar-refractivity contribution < 1.29 is 14.3 Å². The molecule has 5 nitrogen and oxygen atoms in total. The van der Waals surface area contributed by atoms with Crippen molar-refractivity contribution in [1.29, 1.82) is 0 Å². The molecule has 37 heavy (non-hydrogen) atoms. The van der Waals surface area contributed by atoms with Gasteiger partial charge >= 0.3 is 14.4 Å². The number of rotatable bonds is 5. The second-order valence-corrected chi connectivity index (χ2v) is 16.5. The van der Waals surface area contributed by atoms with Gasteiger partial charge in [0.2, 0.25) is 0 Å². The lowest BCUT2D eigenvalue weighted by Gasteiger charge is -2.43. The van der Waals surface area contributed by atoms with Crippen LogP contribution in [-0.4, -0.2) is 29.3 Å². The van der Waals surface area contributed by atoms with E-state index in [-0.39, 0.29) is 10.5 Å². The molecule has 1 N–H and O–H groups in total. The van der Waals surface area contributed by atoms with E-state index in [9.17, 15) is 9.90 Å². The Balaban J connectivity index is 1.81. The number of fused-ring (bicyclic) bond motifs is 1. The fourth-order valence-corrected chi connectivity index (χ4v) is 9.92. The molecular weight excluding hydrogens is 476 g/mol. The smallest absolute Gasteiger partial charge is 0.432 e. The molecule has 1 fully saturated rings. The van der Waals surface area contributed by atoms with Crippen LogP contribution in [-0.2, 0) is 5.41 Å². The van der Waals surface area contributed by atoms with Crippen molar-refractivity contribution in [2.24, 2.45) is 0 Å². The van der Waals surface area contributed by atoms with Crippen molar-refractivity contribution in [3.05, 3.63) is 84.1 Å². The van der Waals surface area contributed by atoms with Crippen LogP contribution in [0.2, 0.25) is 5.04 Å². The van der Waals surface area contributed by atoms with Gasteiger partial charge in [-0.25, -0.2) is 4.79 Å². The number of hydrogen-bond donors (Lipinski definition) is 1. The van der Waals surface area contributed by atoms with Crippen molar-refractivity contribution in [3.8, 4) is 5.75 Å². The number of aromatic nitrogens is 2. The van der Waals surface area contributed by atoms with Gasteiger partial charge in [0.1, 0.15) is 5.75 Å². The molecule has 0 bridgehead atoms. The van der Waals surface area contributed by atoms with E-state index in [0.29, 0.717) is 17.2 Å². The monoisotopic (exact) mass is 512 g/mol. The third-order valence-electron chi connectivity index (χ3n) is 7.42. The van der Waals surface area contributed by atoms with Crippen molar-refractivity contribution in [2.45, 2.75) is 70.8 Å². The predicted octanol–water partition coefficient (Wildman–Crippen LogP) is 6.68. The van der Waals surface area contributed by atoms with Crippen molar-refractivity contribution in [3.63, 3.8) is 0 Å². The zero-order valence-electron chi connectivity index (χ0n) is 22.6. The van der Waals surface area contributed by atoms with Gasteiger partial charge in [-0.1, -0.05) is 102 Å². The van der Waals surface area contributed by atoms with Gasteiger partial charge in [0.05, 0.1) is 11.2 Å². The molecule has 1 saturated carbocycles. The summed E-state index contributed by atoms with van der Waals surface area (Å²) < 4.78 is 8.46. The fraction of sp³-hybridized carbons (Fsp3) is 0.355. The van der Waals surface area contributed by atoms with E-state index in [0.717, 1.165) is 34.2 Å². The quantitative estimate of drug-likeness (QED) is 0.303. The van der Waals surface area contributed by atoms with Crippen LogP contribution in [0.1, 0.15) is 71.6 Å². The molecule has 0 amide bonds. The van der Waals surface area contributed by atoms with Crippen LogP contribution in [0.3, 0.4) is 0 Å². The van der Waals surface area contributed by atoms with Crippen molar-refractivity contribution in [2.75, 3.05) is 0 Å². The van der Waals surface area contributed by atoms with E-state index in [1.165, 1.54) is 10.4 Å². The molecule has 0 radical (unpaired) electrons. The van der Waals surface area contributed by atoms with Gasteiger partial charge < -0.3 is 9.53 Å².